The summed E-state index contributed by atoms with van der Waals surface area (Å²) >= 11 is 6.12. The molecule has 1 aliphatic heterocycles. The summed E-state index contributed by atoms with van der Waals surface area (Å²) in [5.41, 5.74) is 7.01. The maximum absolute atomic E-state index is 13.0. The first-order chi connectivity index (χ1) is 15.2. The highest BCUT2D eigenvalue weighted by molar-refractivity contribution is 6.31. The molecule has 6 rings (SSSR count). The molecule has 0 radical (unpaired) electrons. The first-order valence-corrected chi connectivity index (χ1v) is 10.4. The Bertz CT molecular complexity index is 1470. The highest BCUT2D eigenvalue weighted by Gasteiger charge is 2.24. The summed E-state index contributed by atoms with van der Waals surface area (Å²) in [6, 6.07) is 19.8. The van der Waals surface area contributed by atoms with Crippen molar-refractivity contribution in [3.63, 3.8) is 0 Å². The van der Waals surface area contributed by atoms with E-state index in [1.165, 1.54) is 0 Å². The largest absolute Gasteiger partial charge is 0.464 e. The number of furan rings is 1. The van der Waals surface area contributed by atoms with Crippen LogP contribution in [0.5, 0.6) is 0 Å². The second-order valence-corrected chi connectivity index (χ2v) is 8.24. The van der Waals surface area contributed by atoms with Crippen LogP contribution in [0.4, 0.5) is 10.5 Å². The highest BCUT2D eigenvalue weighted by Crippen LogP contribution is 2.34. The van der Waals surface area contributed by atoms with Gasteiger partial charge >= 0.3 is 6.03 Å². The first-order valence-electron chi connectivity index (χ1n) is 10.1. The third-order valence-electron chi connectivity index (χ3n) is 5.89. The lowest BCUT2D eigenvalue weighted by Crippen LogP contribution is -2.30. The lowest BCUT2D eigenvalue weighted by Gasteiger charge is -2.16. The minimum atomic E-state index is -0.132. The molecule has 3 heterocycles. The van der Waals surface area contributed by atoms with Crippen LogP contribution in [0, 0.1) is 0 Å². The van der Waals surface area contributed by atoms with Crippen LogP contribution in [-0.2, 0) is 13.1 Å². The van der Waals surface area contributed by atoms with Crippen LogP contribution in [-0.4, -0.2) is 15.9 Å². The summed E-state index contributed by atoms with van der Waals surface area (Å²) < 4.78 is 5.70. The van der Waals surface area contributed by atoms with Crippen molar-refractivity contribution in [2.75, 3.05) is 5.32 Å². The van der Waals surface area contributed by atoms with E-state index < -0.39 is 0 Å². The van der Waals surface area contributed by atoms with E-state index in [2.05, 4.69) is 34.6 Å². The lowest BCUT2D eigenvalue weighted by atomic mass is 10.0. The molecule has 6 heteroatoms. The van der Waals surface area contributed by atoms with E-state index in [0.717, 1.165) is 49.8 Å². The maximum Gasteiger partial charge on any atom is 0.322 e. The van der Waals surface area contributed by atoms with Crippen molar-refractivity contribution in [2.45, 2.75) is 13.1 Å². The molecule has 31 heavy (non-hydrogen) atoms. The summed E-state index contributed by atoms with van der Waals surface area (Å²) in [7, 11) is 0. The van der Waals surface area contributed by atoms with Crippen molar-refractivity contribution >= 4 is 45.2 Å². The Morgan fingerprint density at radius 1 is 1.00 bits per heavy atom. The topological polar surface area (TPSA) is 61.3 Å². The zero-order valence-electron chi connectivity index (χ0n) is 16.5. The molecule has 1 aliphatic rings. The number of halogens is 1. The molecule has 2 aromatic heterocycles. The van der Waals surface area contributed by atoms with Gasteiger partial charge in [-0.3, -0.25) is 0 Å². The first kappa shape index (κ1) is 18.1. The predicted molar refractivity (Wildman–Crippen MR) is 123 cm³/mol. The smallest absolute Gasteiger partial charge is 0.322 e. The molecule has 0 fully saturated rings. The van der Waals surface area contributed by atoms with Gasteiger partial charge in [-0.05, 0) is 47.0 Å². The molecule has 3 aromatic carbocycles. The zero-order valence-corrected chi connectivity index (χ0v) is 17.2. The number of para-hydroxylation sites is 1. The van der Waals surface area contributed by atoms with Gasteiger partial charge in [0.25, 0.3) is 0 Å². The molecule has 0 saturated carbocycles. The van der Waals surface area contributed by atoms with Gasteiger partial charge in [-0.25, -0.2) is 4.79 Å². The standard InChI is InChI=1S/C25H18ClN3O2/c26-18-7-8-22-20(10-18)23(11-27-22)28-25(30)29-12-16-6-5-15(9-17(16)13-29)21-14-31-24-4-2-1-3-19(21)24/h1-11,14,27H,12-13H2,(H,28,30). The number of nitrogens with zero attached hydrogens (tertiary/aromatic N) is 1. The van der Waals surface area contributed by atoms with E-state index >= 15 is 0 Å². The minimum Gasteiger partial charge on any atom is -0.464 e. The van der Waals surface area contributed by atoms with Gasteiger partial charge in [0.15, 0.2) is 0 Å². The number of carbonyl (C=O) groups excluding carboxylic acids is 1. The molecule has 2 amide bonds. The zero-order chi connectivity index (χ0) is 20.9. The maximum atomic E-state index is 13.0. The van der Waals surface area contributed by atoms with Crippen LogP contribution in [0.25, 0.3) is 33.0 Å². The molecule has 0 aliphatic carbocycles. The summed E-state index contributed by atoms with van der Waals surface area (Å²) in [5.74, 6) is 0. The van der Waals surface area contributed by atoms with Gasteiger partial charge in [-0.1, -0.05) is 41.9 Å². The number of hydrogen-bond acceptors (Lipinski definition) is 2. The van der Waals surface area contributed by atoms with Crippen molar-refractivity contribution in [1.29, 1.82) is 0 Å². The number of anilines is 1. The Labute approximate surface area is 183 Å². The van der Waals surface area contributed by atoms with Crippen molar-refractivity contribution in [2.24, 2.45) is 0 Å². The number of H-pyrrole nitrogens is 1. The Morgan fingerprint density at radius 2 is 1.87 bits per heavy atom. The van der Waals surface area contributed by atoms with Gasteiger partial charge in [-0.15, -0.1) is 0 Å². The Morgan fingerprint density at radius 3 is 2.81 bits per heavy atom. The van der Waals surface area contributed by atoms with Gasteiger partial charge < -0.3 is 19.6 Å². The molecule has 0 bridgehead atoms. The van der Waals surface area contributed by atoms with Crippen LogP contribution < -0.4 is 5.32 Å². The third kappa shape index (κ3) is 3.05. The van der Waals surface area contributed by atoms with Crippen molar-refractivity contribution in [1.82, 2.24) is 9.88 Å². The normalized spacial score (nSPS) is 13.1. The van der Waals surface area contributed by atoms with Crippen LogP contribution >= 0.6 is 11.6 Å². The fourth-order valence-corrected chi connectivity index (χ4v) is 4.47. The Kier molecular flexibility index (Phi) is 4.04. The molecule has 0 spiro atoms. The second kappa shape index (κ2) is 6.93. The number of urea groups is 1. The summed E-state index contributed by atoms with van der Waals surface area (Å²) in [6.07, 6.45) is 3.60. The van der Waals surface area contributed by atoms with Gasteiger partial charge in [0.1, 0.15) is 5.58 Å². The van der Waals surface area contributed by atoms with Crippen LogP contribution in [0.3, 0.4) is 0 Å². The number of nitrogens with one attached hydrogen (secondary N) is 2. The van der Waals surface area contributed by atoms with Gasteiger partial charge in [0.05, 0.1) is 12.0 Å². The molecule has 0 saturated heterocycles. The van der Waals surface area contributed by atoms with Gasteiger partial charge in [0, 0.05) is 46.2 Å². The number of aromatic nitrogens is 1. The quantitative estimate of drug-likeness (QED) is 0.326. The number of benzene rings is 3. The van der Waals surface area contributed by atoms with E-state index in [4.69, 9.17) is 16.0 Å². The average Bonchev–Trinajstić information content (AvgIpc) is 3.49. The molecule has 152 valence electrons. The molecule has 0 unspecified atom stereocenters. The van der Waals surface area contributed by atoms with E-state index in [1.54, 1.807) is 12.5 Å². The summed E-state index contributed by atoms with van der Waals surface area (Å²) in [5, 5.41) is 5.64. The number of hydrogen-bond donors (Lipinski definition) is 2. The van der Waals surface area contributed by atoms with Crippen LogP contribution in [0.2, 0.25) is 5.02 Å². The molecule has 5 nitrogen and oxygen atoms in total. The van der Waals surface area contributed by atoms with Crippen LogP contribution in [0.15, 0.2) is 77.5 Å². The molecule has 5 aromatic rings. The molecular weight excluding hydrogens is 410 g/mol. The van der Waals surface area contributed by atoms with Crippen molar-refractivity contribution in [3.05, 3.63) is 89.3 Å². The lowest BCUT2D eigenvalue weighted by molar-refractivity contribution is 0.212. The summed E-state index contributed by atoms with van der Waals surface area (Å²) in [6.45, 7) is 1.14. The van der Waals surface area contributed by atoms with E-state index in [1.807, 2.05) is 41.3 Å². The third-order valence-corrected chi connectivity index (χ3v) is 6.13. The van der Waals surface area contributed by atoms with E-state index in [9.17, 15) is 4.79 Å². The molecule has 0 atom stereocenters. The number of aromatic amines is 1. The fraction of sp³-hybridized carbons (Fsp3) is 0.0800. The number of fused-ring (bicyclic) bond motifs is 3. The van der Waals surface area contributed by atoms with Crippen molar-refractivity contribution < 1.29 is 9.21 Å². The van der Waals surface area contributed by atoms with Gasteiger partial charge in [0.2, 0.25) is 0 Å². The SMILES string of the molecule is O=C(Nc1c[nH]c2ccc(Cl)cc12)N1Cc2ccc(-c3coc4ccccc34)cc2C1. The van der Waals surface area contributed by atoms with E-state index in [0.29, 0.717) is 18.1 Å². The average molecular weight is 428 g/mol. The van der Waals surface area contributed by atoms with E-state index in [-0.39, 0.29) is 6.03 Å². The fourth-order valence-electron chi connectivity index (χ4n) is 4.30. The molecule has 2 N–H and O–H groups in total. The monoisotopic (exact) mass is 427 g/mol. The van der Waals surface area contributed by atoms with Crippen LogP contribution in [0.1, 0.15) is 11.1 Å². The Balaban J connectivity index is 1.25. The van der Waals surface area contributed by atoms with Gasteiger partial charge in [-0.2, -0.15) is 0 Å². The molecular formula is C25H18ClN3O2. The number of amides is 2. The van der Waals surface area contributed by atoms with Crippen molar-refractivity contribution in [3.8, 4) is 11.1 Å². The second-order valence-electron chi connectivity index (χ2n) is 7.81. The summed E-state index contributed by atoms with van der Waals surface area (Å²) in [4.78, 5) is 17.9. The minimum absolute atomic E-state index is 0.132. The number of carbonyl (C=O) groups is 1. The number of rotatable bonds is 2. The predicted octanol–water partition coefficient (Wildman–Crippen LogP) is 6.78. The highest BCUT2D eigenvalue weighted by atomic mass is 35.5. The Hall–Kier alpha value is -3.70.